The first-order chi connectivity index (χ1) is 7.56. The predicted molar refractivity (Wildman–Crippen MR) is 61.6 cm³/mol. The van der Waals surface area contributed by atoms with Crippen LogP contribution in [0, 0.1) is 19.7 Å². The van der Waals surface area contributed by atoms with Crippen molar-refractivity contribution in [3.05, 3.63) is 46.9 Å². The van der Waals surface area contributed by atoms with E-state index in [1.54, 1.807) is 10.7 Å². The number of hydrogen-bond donors (Lipinski definition) is 1. The molecule has 0 aliphatic carbocycles. The number of aromatic nitrogens is 2. The molecule has 0 fully saturated rings. The topological polar surface area (TPSA) is 43.8 Å². The minimum Gasteiger partial charge on any atom is -0.384 e. The summed E-state index contributed by atoms with van der Waals surface area (Å²) in [7, 11) is 0. The molecule has 0 atom stereocenters. The lowest BCUT2D eigenvalue weighted by Crippen LogP contribution is -2.07. The molecule has 4 heteroatoms. The van der Waals surface area contributed by atoms with Gasteiger partial charge in [0.05, 0.1) is 12.2 Å². The quantitative estimate of drug-likeness (QED) is 0.842. The second-order valence-corrected chi connectivity index (χ2v) is 3.94. The Labute approximate surface area is 93.7 Å². The van der Waals surface area contributed by atoms with Crippen LogP contribution in [0.25, 0.3) is 0 Å². The largest absolute Gasteiger partial charge is 0.384 e. The van der Waals surface area contributed by atoms with Crippen LogP contribution in [0.3, 0.4) is 0 Å². The summed E-state index contributed by atoms with van der Waals surface area (Å²) in [5.41, 5.74) is 8.62. The van der Waals surface area contributed by atoms with Crippen molar-refractivity contribution in [3.8, 4) is 0 Å². The van der Waals surface area contributed by atoms with E-state index in [9.17, 15) is 4.39 Å². The van der Waals surface area contributed by atoms with Gasteiger partial charge in [0, 0.05) is 6.07 Å². The van der Waals surface area contributed by atoms with Gasteiger partial charge in [0.1, 0.15) is 11.6 Å². The van der Waals surface area contributed by atoms with Gasteiger partial charge < -0.3 is 5.73 Å². The van der Waals surface area contributed by atoms with Crippen LogP contribution in [0.1, 0.15) is 16.8 Å². The Morgan fingerprint density at radius 3 is 2.62 bits per heavy atom. The normalized spacial score (nSPS) is 10.7. The highest BCUT2D eigenvalue weighted by Crippen LogP contribution is 2.14. The zero-order chi connectivity index (χ0) is 11.7. The van der Waals surface area contributed by atoms with Gasteiger partial charge in [0.25, 0.3) is 0 Å². The van der Waals surface area contributed by atoms with Gasteiger partial charge in [0.2, 0.25) is 0 Å². The molecule has 1 aromatic heterocycles. The van der Waals surface area contributed by atoms with Gasteiger partial charge in [-0.3, -0.25) is 0 Å². The lowest BCUT2D eigenvalue weighted by atomic mass is 10.1. The van der Waals surface area contributed by atoms with Gasteiger partial charge in [-0.1, -0.05) is 6.07 Å². The van der Waals surface area contributed by atoms with E-state index >= 15 is 0 Å². The summed E-state index contributed by atoms with van der Waals surface area (Å²) in [4.78, 5) is 0. The van der Waals surface area contributed by atoms with E-state index in [1.807, 2.05) is 19.9 Å². The average molecular weight is 219 g/mol. The minimum absolute atomic E-state index is 0.217. The van der Waals surface area contributed by atoms with Gasteiger partial charge in [-0.05, 0) is 37.1 Å². The maximum absolute atomic E-state index is 12.9. The summed E-state index contributed by atoms with van der Waals surface area (Å²) in [6.45, 7) is 4.35. The highest BCUT2D eigenvalue weighted by molar-refractivity contribution is 5.33. The predicted octanol–water partition coefficient (Wildman–Crippen LogP) is 2.27. The molecule has 0 aliphatic heterocycles. The van der Waals surface area contributed by atoms with Crippen molar-refractivity contribution in [2.24, 2.45) is 0 Å². The van der Waals surface area contributed by atoms with Gasteiger partial charge in [-0.15, -0.1) is 0 Å². The van der Waals surface area contributed by atoms with Crippen LogP contribution < -0.4 is 5.73 Å². The van der Waals surface area contributed by atoms with Crippen molar-refractivity contribution in [1.29, 1.82) is 0 Å². The smallest absolute Gasteiger partial charge is 0.123 e. The third-order valence-corrected chi connectivity index (χ3v) is 2.56. The molecule has 1 heterocycles. The highest BCUT2D eigenvalue weighted by atomic mass is 19.1. The van der Waals surface area contributed by atoms with Crippen LogP contribution in [-0.2, 0) is 6.54 Å². The first-order valence-corrected chi connectivity index (χ1v) is 5.11. The Balaban J connectivity index is 2.30. The fraction of sp³-hybridized carbons (Fsp3) is 0.250. The van der Waals surface area contributed by atoms with Crippen molar-refractivity contribution in [2.75, 3.05) is 5.73 Å². The van der Waals surface area contributed by atoms with E-state index in [-0.39, 0.29) is 5.82 Å². The first-order valence-electron chi connectivity index (χ1n) is 5.11. The van der Waals surface area contributed by atoms with Crippen LogP contribution >= 0.6 is 0 Å². The Kier molecular flexibility index (Phi) is 2.64. The molecule has 2 N–H and O–H groups in total. The average Bonchev–Trinajstić information content (AvgIpc) is 2.50. The van der Waals surface area contributed by atoms with E-state index < -0.39 is 0 Å². The van der Waals surface area contributed by atoms with Crippen LogP contribution in [0.15, 0.2) is 24.3 Å². The maximum atomic E-state index is 12.9. The molecule has 0 amide bonds. The first kappa shape index (κ1) is 10.7. The second kappa shape index (κ2) is 3.96. The molecule has 2 rings (SSSR count). The number of nitrogen functional groups attached to an aromatic ring is 1. The molecule has 2 aromatic rings. The molecule has 84 valence electrons. The van der Waals surface area contributed by atoms with Crippen LogP contribution in [-0.4, -0.2) is 9.78 Å². The van der Waals surface area contributed by atoms with E-state index in [2.05, 4.69) is 5.10 Å². The number of benzene rings is 1. The third kappa shape index (κ3) is 2.05. The fourth-order valence-corrected chi connectivity index (χ4v) is 1.69. The van der Waals surface area contributed by atoms with Crippen molar-refractivity contribution < 1.29 is 4.39 Å². The zero-order valence-electron chi connectivity index (χ0n) is 9.37. The number of rotatable bonds is 2. The summed E-state index contributed by atoms with van der Waals surface area (Å²) < 4.78 is 14.6. The van der Waals surface area contributed by atoms with E-state index in [0.717, 1.165) is 16.8 Å². The number of anilines is 1. The summed E-state index contributed by atoms with van der Waals surface area (Å²) in [6, 6.07) is 6.55. The molecular weight excluding hydrogens is 205 g/mol. The Hall–Kier alpha value is -1.84. The van der Waals surface area contributed by atoms with Gasteiger partial charge in [-0.25, -0.2) is 9.07 Å². The van der Waals surface area contributed by atoms with E-state index in [1.165, 1.54) is 12.1 Å². The number of hydrogen-bond acceptors (Lipinski definition) is 2. The van der Waals surface area contributed by atoms with Crippen LogP contribution in [0.4, 0.5) is 10.2 Å². The molecule has 16 heavy (non-hydrogen) atoms. The fourth-order valence-electron chi connectivity index (χ4n) is 1.69. The molecule has 0 saturated carbocycles. The molecule has 0 bridgehead atoms. The molecule has 0 spiro atoms. The summed E-state index contributed by atoms with van der Waals surface area (Å²) in [5.74, 6) is 0.409. The molecule has 1 aromatic carbocycles. The number of nitrogens with zero attached hydrogens (tertiary/aromatic N) is 2. The molecule has 0 aliphatic rings. The number of aryl methyl sites for hydroxylation is 2. The summed E-state index contributed by atoms with van der Waals surface area (Å²) in [5, 5.41) is 4.27. The van der Waals surface area contributed by atoms with Crippen molar-refractivity contribution >= 4 is 5.82 Å². The zero-order valence-corrected chi connectivity index (χ0v) is 9.37. The summed E-state index contributed by atoms with van der Waals surface area (Å²) in [6.07, 6.45) is 0. The second-order valence-electron chi connectivity index (χ2n) is 3.94. The Bertz CT molecular complexity index is 517. The Morgan fingerprint density at radius 2 is 2.06 bits per heavy atom. The lowest BCUT2D eigenvalue weighted by Gasteiger charge is -2.07. The van der Waals surface area contributed by atoms with Crippen molar-refractivity contribution in [1.82, 2.24) is 9.78 Å². The maximum Gasteiger partial charge on any atom is 0.123 e. The number of nitrogens with two attached hydrogens (primary N) is 1. The van der Waals surface area contributed by atoms with Gasteiger partial charge in [-0.2, -0.15) is 5.10 Å². The van der Waals surface area contributed by atoms with Crippen LogP contribution in [0.2, 0.25) is 0 Å². The highest BCUT2D eigenvalue weighted by Gasteiger charge is 2.05. The van der Waals surface area contributed by atoms with Crippen LogP contribution in [0.5, 0.6) is 0 Å². The molecule has 0 radical (unpaired) electrons. The molecular formula is C12H14FN3. The Morgan fingerprint density at radius 1 is 1.31 bits per heavy atom. The monoisotopic (exact) mass is 219 g/mol. The third-order valence-electron chi connectivity index (χ3n) is 2.56. The lowest BCUT2D eigenvalue weighted by molar-refractivity contribution is 0.622. The standard InChI is InChI=1S/C12H14FN3/c1-8-5-11(13)4-3-10(8)7-16-12(14)6-9(2)15-16/h3-6H,7,14H2,1-2H3. The molecule has 0 unspecified atom stereocenters. The van der Waals surface area contributed by atoms with Crippen molar-refractivity contribution in [3.63, 3.8) is 0 Å². The molecule has 3 nitrogen and oxygen atoms in total. The van der Waals surface area contributed by atoms with Gasteiger partial charge >= 0.3 is 0 Å². The minimum atomic E-state index is -0.217. The molecule has 0 saturated heterocycles. The SMILES string of the molecule is Cc1cc(N)n(Cc2ccc(F)cc2C)n1. The summed E-state index contributed by atoms with van der Waals surface area (Å²) >= 11 is 0. The van der Waals surface area contributed by atoms with Crippen molar-refractivity contribution in [2.45, 2.75) is 20.4 Å². The van der Waals surface area contributed by atoms with E-state index in [4.69, 9.17) is 5.73 Å². The van der Waals surface area contributed by atoms with E-state index in [0.29, 0.717) is 12.4 Å². The van der Waals surface area contributed by atoms with Gasteiger partial charge in [0.15, 0.2) is 0 Å². The number of halogens is 1.